The molecule has 2 heterocycles. The van der Waals surface area contributed by atoms with Crippen LogP contribution in [-0.4, -0.2) is 46.5 Å². The maximum Gasteiger partial charge on any atom is 0.0570 e. The third kappa shape index (κ3) is 2.35. The second-order valence-electron chi connectivity index (χ2n) is 6.00. The first-order chi connectivity index (χ1) is 7.02. The van der Waals surface area contributed by atoms with Crippen molar-refractivity contribution in [3.05, 3.63) is 0 Å². The van der Waals surface area contributed by atoms with Crippen LogP contribution in [0.25, 0.3) is 0 Å². The third-order valence-electron chi connectivity index (χ3n) is 3.90. The molecule has 2 N–H and O–H groups in total. The topological polar surface area (TPSA) is 43.7 Å². The Morgan fingerprint density at radius 2 is 1.73 bits per heavy atom. The normalized spacial score (nSPS) is 37.2. The minimum atomic E-state index is -0.0870. The number of piperidine rings is 1. The highest BCUT2D eigenvalue weighted by atomic mass is 16.3. The molecule has 0 radical (unpaired) electrons. The number of aliphatic hydroxyl groups is 2. The molecule has 0 aromatic rings. The average molecular weight is 213 g/mol. The first kappa shape index (κ1) is 11.4. The molecule has 0 aliphatic carbocycles. The molecule has 2 unspecified atom stereocenters. The Labute approximate surface area is 92.1 Å². The van der Waals surface area contributed by atoms with Gasteiger partial charge >= 0.3 is 0 Å². The van der Waals surface area contributed by atoms with Crippen molar-refractivity contribution < 1.29 is 10.2 Å². The van der Waals surface area contributed by atoms with Crippen LogP contribution in [0.4, 0.5) is 0 Å². The number of fused-ring (bicyclic) bond motifs is 2. The molecule has 2 fully saturated rings. The smallest absolute Gasteiger partial charge is 0.0570 e. The van der Waals surface area contributed by atoms with Gasteiger partial charge in [0.05, 0.1) is 6.10 Å². The zero-order chi connectivity index (χ0) is 11.1. The summed E-state index contributed by atoms with van der Waals surface area (Å²) in [5.74, 6) is 0. The first-order valence-corrected chi connectivity index (χ1v) is 6.06. The second-order valence-corrected chi connectivity index (χ2v) is 6.00. The molecular weight excluding hydrogens is 190 g/mol. The molecule has 0 aromatic carbocycles. The molecule has 2 rings (SSSR count). The zero-order valence-electron chi connectivity index (χ0n) is 9.82. The average Bonchev–Trinajstić information content (AvgIpc) is 2.42. The Bertz CT molecular complexity index is 216. The van der Waals surface area contributed by atoms with Crippen LogP contribution in [0.15, 0.2) is 0 Å². The summed E-state index contributed by atoms with van der Waals surface area (Å²) in [6, 6.07) is 1.12. The summed E-state index contributed by atoms with van der Waals surface area (Å²) in [5.41, 5.74) is -0.0108. The van der Waals surface area contributed by atoms with E-state index >= 15 is 0 Å². The molecule has 88 valence electrons. The molecule has 0 amide bonds. The Morgan fingerprint density at radius 3 is 2.20 bits per heavy atom. The molecule has 0 aromatic heterocycles. The fourth-order valence-corrected chi connectivity index (χ4v) is 3.05. The van der Waals surface area contributed by atoms with Gasteiger partial charge in [-0.25, -0.2) is 0 Å². The van der Waals surface area contributed by atoms with Gasteiger partial charge in [-0.05, 0) is 25.7 Å². The summed E-state index contributed by atoms with van der Waals surface area (Å²) >= 11 is 0. The molecule has 2 aliphatic heterocycles. The maximum atomic E-state index is 9.69. The van der Waals surface area contributed by atoms with Crippen molar-refractivity contribution in [2.24, 2.45) is 5.41 Å². The van der Waals surface area contributed by atoms with E-state index in [1.165, 1.54) is 12.8 Å². The van der Waals surface area contributed by atoms with Crippen molar-refractivity contribution in [3.63, 3.8) is 0 Å². The van der Waals surface area contributed by atoms with Crippen LogP contribution in [0.1, 0.15) is 39.5 Å². The summed E-state index contributed by atoms with van der Waals surface area (Å²) in [6.07, 6.45) is 4.22. The molecule has 2 saturated heterocycles. The number of aliphatic hydroxyl groups excluding tert-OH is 2. The number of nitrogens with zero attached hydrogens (tertiary/aromatic N) is 1. The van der Waals surface area contributed by atoms with Crippen LogP contribution >= 0.6 is 0 Å². The van der Waals surface area contributed by atoms with E-state index in [9.17, 15) is 10.2 Å². The van der Waals surface area contributed by atoms with E-state index in [0.29, 0.717) is 12.1 Å². The molecule has 3 nitrogen and oxygen atoms in total. The molecule has 3 heteroatoms. The highest BCUT2D eigenvalue weighted by Crippen LogP contribution is 2.37. The lowest BCUT2D eigenvalue weighted by Gasteiger charge is -2.41. The van der Waals surface area contributed by atoms with Crippen LogP contribution in [-0.2, 0) is 0 Å². The standard InChI is InChI=1S/C12H23NO2/c1-12(2,8-14)7-13-9-3-4-10(13)6-11(15)5-9/h9-11,14-15H,3-8H2,1-2H3. The number of hydrogen-bond acceptors (Lipinski definition) is 3. The largest absolute Gasteiger partial charge is 0.396 e. The molecule has 2 atom stereocenters. The van der Waals surface area contributed by atoms with E-state index < -0.39 is 0 Å². The molecule has 0 saturated carbocycles. The van der Waals surface area contributed by atoms with Gasteiger partial charge in [-0.3, -0.25) is 4.90 Å². The van der Waals surface area contributed by atoms with Gasteiger partial charge in [0, 0.05) is 30.7 Å². The summed E-state index contributed by atoms with van der Waals surface area (Å²) < 4.78 is 0. The van der Waals surface area contributed by atoms with E-state index in [-0.39, 0.29) is 18.1 Å². The second kappa shape index (κ2) is 4.04. The van der Waals surface area contributed by atoms with Crippen molar-refractivity contribution >= 4 is 0 Å². The summed E-state index contributed by atoms with van der Waals surface area (Å²) in [4.78, 5) is 2.52. The highest BCUT2D eigenvalue weighted by Gasteiger charge is 2.41. The van der Waals surface area contributed by atoms with Crippen molar-refractivity contribution in [2.75, 3.05) is 13.2 Å². The molecule has 0 spiro atoms. The lowest BCUT2D eigenvalue weighted by Crippen LogP contribution is -2.49. The van der Waals surface area contributed by atoms with Gasteiger partial charge in [-0.15, -0.1) is 0 Å². The van der Waals surface area contributed by atoms with Gasteiger partial charge in [0.2, 0.25) is 0 Å². The highest BCUT2D eigenvalue weighted by molar-refractivity contribution is 4.96. The monoisotopic (exact) mass is 213 g/mol. The molecular formula is C12H23NO2. The van der Waals surface area contributed by atoms with Crippen LogP contribution in [0.3, 0.4) is 0 Å². The third-order valence-corrected chi connectivity index (χ3v) is 3.90. The Kier molecular flexibility index (Phi) is 3.06. The van der Waals surface area contributed by atoms with Crippen LogP contribution in [0.5, 0.6) is 0 Å². The first-order valence-electron chi connectivity index (χ1n) is 6.06. The molecule has 2 aliphatic rings. The fourth-order valence-electron chi connectivity index (χ4n) is 3.05. The van der Waals surface area contributed by atoms with E-state index in [1.54, 1.807) is 0 Å². The van der Waals surface area contributed by atoms with Gasteiger partial charge in [0.1, 0.15) is 0 Å². The minimum Gasteiger partial charge on any atom is -0.396 e. The van der Waals surface area contributed by atoms with E-state index in [1.807, 2.05) is 0 Å². The van der Waals surface area contributed by atoms with Crippen LogP contribution in [0.2, 0.25) is 0 Å². The molecule has 2 bridgehead atoms. The Hall–Kier alpha value is -0.120. The maximum absolute atomic E-state index is 9.69. The zero-order valence-corrected chi connectivity index (χ0v) is 9.82. The van der Waals surface area contributed by atoms with Crippen LogP contribution < -0.4 is 0 Å². The van der Waals surface area contributed by atoms with E-state index in [0.717, 1.165) is 19.4 Å². The van der Waals surface area contributed by atoms with Crippen molar-refractivity contribution in [2.45, 2.75) is 57.7 Å². The van der Waals surface area contributed by atoms with Gasteiger partial charge in [0.25, 0.3) is 0 Å². The van der Waals surface area contributed by atoms with Gasteiger partial charge in [-0.2, -0.15) is 0 Å². The lowest BCUT2D eigenvalue weighted by molar-refractivity contribution is 0.00430. The van der Waals surface area contributed by atoms with Crippen LogP contribution in [0, 0.1) is 5.41 Å². The lowest BCUT2D eigenvalue weighted by atomic mass is 9.90. The number of rotatable bonds is 3. The summed E-state index contributed by atoms with van der Waals surface area (Å²) in [6.45, 7) is 5.42. The SMILES string of the molecule is CC(C)(CO)CN1C2CCC1CC(O)C2. The predicted molar refractivity (Wildman–Crippen MR) is 59.6 cm³/mol. The fraction of sp³-hybridized carbons (Fsp3) is 1.00. The summed E-state index contributed by atoms with van der Waals surface area (Å²) in [7, 11) is 0. The quantitative estimate of drug-likeness (QED) is 0.735. The van der Waals surface area contributed by atoms with Crippen molar-refractivity contribution in [1.82, 2.24) is 4.90 Å². The van der Waals surface area contributed by atoms with Crippen molar-refractivity contribution in [1.29, 1.82) is 0 Å². The Morgan fingerprint density at radius 1 is 1.20 bits per heavy atom. The predicted octanol–water partition coefficient (Wildman–Crippen LogP) is 0.993. The minimum absolute atomic E-state index is 0.0108. The van der Waals surface area contributed by atoms with Crippen molar-refractivity contribution in [3.8, 4) is 0 Å². The summed E-state index contributed by atoms with van der Waals surface area (Å²) in [5, 5.41) is 19.0. The number of hydrogen-bond donors (Lipinski definition) is 2. The van der Waals surface area contributed by atoms with Gasteiger partial charge in [0.15, 0.2) is 0 Å². The van der Waals surface area contributed by atoms with E-state index in [4.69, 9.17) is 0 Å². The van der Waals surface area contributed by atoms with Gasteiger partial charge in [-0.1, -0.05) is 13.8 Å². The molecule has 15 heavy (non-hydrogen) atoms. The van der Waals surface area contributed by atoms with E-state index in [2.05, 4.69) is 18.7 Å². The van der Waals surface area contributed by atoms with Gasteiger partial charge < -0.3 is 10.2 Å². The Balaban J connectivity index is 1.99.